The Balaban J connectivity index is 2.01. The SMILES string of the molecule is C#CCOc1ccccc1C1Nc2ccccc2C(=O)N1CCOC. The Hall–Kier alpha value is -2.97. The van der Waals surface area contributed by atoms with E-state index in [2.05, 4.69) is 11.2 Å². The first-order valence-electron chi connectivity index (χ1n) is 8.07. The number of fused-ring (bicyclic) bond motifs is 1. The van der Waals surface area contributed by atoms with Gasteiger partial charge in [-0.1, -0.05) is 36.3 Å². The molecule has 0 bridgehead atoms. The van der Waals surface area contributed by atoms with Crippen molar-refractivity contribution in [3.63, 3.8) is 0 Å². The molecule has 0 spiro atoms. The molecule has 1 N–H and O–H groups in total. The van der Waals surface area contributed by atoms with Gasteiger partial charge >= 0.3 is 0 Å². The van der Waals surface area contributed by atoms with Crippen LogP contribution in [0.3, 0.4) is 0 Å². The van der Waals surface area contributed by atoms with Crippen LogP contribution in [0.25, 0.3) is 0 Å². The minimum absolute atomic E-state index is 0.0387. The van der Waals surface area contributed by atoms with Crippen molar-refractivity contribution in [2.45, 2.75) is 6.17 Å². The highest BCUT2D eigenvalue weighted by Gasteiger charge is 2.33. The predicted molar refractivity (Wildman–Crippen MR) is 96.5 cm³/mol. The van der Waals surface area contributed by atoms with Gasteiger partial charge in [0.1, 0.15) is 18.5 Å². The fourth-order valence-corrected chi connectivity index (χ4v) is 2.92. The monoisotopic (exact) mass is 336 g/mol. The second kappa shape index (κ2) is 7.73. The topological polar surface area (TPSA) is 50.8 Å². The molecule has 2 aromatic carbocycles. The van der Waals surface area contributed by atoms with E-state index in [0.29, 0.717) is 24.5 Å². The number of amides is 1. The van der Waals surface area contributed by atoms with Crippen LogP contribution >= 0.6 is 0 Å². The van der Waals surface area contributed by atoms with Crippen LogP contribution in [0.4, 0.5) is 5.69 Å². The minimum Gasteiger partial charge on any atom is -0.481 e. The van der Waals surface area contributed by atoms with Gasteiger partial charge in [0.05, 0.1) is 12.2 Å². The molecule has 2 aromatic rings. The second-order valence-corrected chi connectivity index (χ2v) is 5.61. The van der Waals surface area contributed by atoms with Crippen LogP contribution in [0.5, 0.6) is 5.75 Å². The molecule has 128 valence electrons. The van der Waals surface area contributed by atoms with Gasteiger partial charge in [-0.2, -0.15) is 0 Å². The molecule has 1 unspecified atom stereocenters. The van der Waals surface area contributed by atoms with Gasteiger partial charge in [-0.25, -0.2) is 0 Å². The number of benzene rings is 2. The number of ether oxygens (including phenoxy) is 2. The molecule has 0 saturated carbocycles. The number of hydrogen-bond donors (Lipinski definition) is 1. The van der Waals surface area contributed by atoms with E-state index in [4.69, 9.17) is 15.9 Å². The number of hydrogen-bond acceptors (Lipinski definition) is 4. The molecule has 25 heavy (non-hydrogen) atoms. The molecule has 0 aliphatic carbocycles. The normalized spacial score (nSPS) is 15.9. The number of carbonyl (C=O) groups is 1. The Morgan fingerprint density at radius 2 is 1.96 bits per heavy atom. The third-order valence-electron chi connectivity index (χ3n) is 4.08. The number of carbonyl (C=O) groups excluding carboxylic acids is 1. The van der Waals surface area contributed by atoms with Crippen LogP contribution in [-0.2, 0) is 4.74 Å². The number of methoxy groups -OCH3 is 1. The zero-order valence-electron chi connectivity index (χ0n) is 14.1. The summed E-state index contributed by atoms with van der Waals surface area (Å²) in [5, 5.41) is 3.44. The van der Waals surface area contributed by atoms with Gasteiger partial charge in [0.15, 0.2) is 0 Å². The molecule has 1 heterocycles. The Bertz CT molecular complexity index is 798. The minimum atomic E-state index is -0.355. The largest absolute Gasteiger partial charge is 0.481 e. The van der Waals surface area contributed by atoms with Crippen molar-refractivity contribution in [2.24, 2.45) is 0 Å². The van der Waals surface area contributed by atoms with Crippen LogP contribution in [0.2, 0.25) is 0 Å². The molecular formula is C20H20N2O3. The summed E-state index contributed by atoms with van der Waals surface area (Å²) in [5.74, 6) is 3.09. The smallest absolute Gasteiger partial charge is 0.257 e. The van der Waals surface area contributed by atoms with E-state index in [0.717, 1.165) is 11.3 Å². The van der Waals surface area contributed by atoms with Gasteiger partial charge in [-0.05, 0) is 18.2 Å². The molecule has 3 rings (SSSR count). The van der Waals surface area contributed by atoms with Gasteiger partial charge in [-0.15, -0.1) is 6.42 Å². The first-order chi connectivity index (χ1) is 12.3. The molecule has 1 atom stereocenters. The summed E-state index contributed by atoms with van der Waals surface area (Å²) < 4.78 is 10.9. The van der Waals surface area contributed by atoms with Crippen molar-refractivity contribution in [1.29, 1.82) is 0 Å². The Labute approximate surface area is 147 Å². The molecule has 0 aromatic heterocycles. The van der Waals surface area contributed by atoms with Crippen molar-refractivity contribution in [2.75, 3.05) is 32.2 Å². The molecule has 5 heteroatoms. The Morgan fingerprint density at radius 1 is 1.20 bits per heavy atom. The summed E-state index contributed by atoms with van der Waals surface area (Å²) in [6.07, 6.45) is 4.96. The number of anilines is 1. The zero-order valence-corrected chi connectivity index (χ0v) is 14.1. The average Bonchev–Trinajstić information content (AvgIpc) is 2.66. The predicted octanol–water partition coefficient (Wildman–Crippen LogP) is 2.91. The highest BCUT2D eigenvalue weighted by Crippen LogP contribution is 2.36. The maximum atomic E-state index is 13.0. The summed E-state index contributed by atoms with van der Waals surface area (Å²) in [6, 6.07) is 15.1. The summed E-state index contributed by atoms with van der Waals surface area (Å²) in [6.45, 7) is 1.08. The van der Waals surface area contributed by atoms with Crippen LogP contribution in [0.15, 0.2) is 48.5 Å². The van der Waals surface area contributed by atoms with Crippen molar-refractivity contribution in [3.05, 3.63) is 59.7 Å². The lowest BCUT2D eigenvalue weighted by molar-refractivity contribution is 0.0607. The second-order valence-electron chi connectivity index (χ2n) is 5.61. The fraction of sp³-hybridized carbons (Fsp3) is 0.250. The molecule has 0 radical (unpaired) electrons. The highest BCUT2D eigenvalue weighted by atomic mass is 16.5. The lowest BCUT2D eigenvalue weighted by Gasteiger charge is -2.38. The van der Waals surface area contributed by atoms with Gasteiger partial charge in [-0.3, -0.25) is 4.79 Å². The average molecular weight is 336 g/mol. The number of nitrogens with one attached hydrogen (secondary N) is 1. The van der Waals surface area contributed by atoms with Gasteiger partial charge in [0.25, 0.3) is 5.91 Å². The molecule has 5 nitrogen and oxygen atoms in total. The highest BCUT2D eigenvalue weighted by molar-refractivity contribution is 6.01. The van der Waals surface area contributed by atoms with E-state index in [1.807, 2.05) is 48.5 Å². The first kappa shape index (κ1) is 16.9. The van der Waals surface area contributed by atoms with E-state index < -0.39 is 0 Å². The number of terminal acetylenes is 1. The summed E-state index contributed by atoms with van der Waals surface area (Å²) in [4.78, 5) is 14.7. The van der Waals surface area contributed by atoms with E-state index >= 15 is 0 Å². The zero-order chi connectivity index (χ0) is 17.6. The summed E-state index contributed by atoms with van der Waals surface area (Å²) in [7, 11) is 1.62. The van der Waals surface area contributed by atoms with Crippen molar-refractivity contribution in [3.8, 4) is 18.1 Å². The molecule has 1 aliphatic heterocycles. The van der Waals surface area contributed by atoms with Crippen molar-refractivity contribution < 1.29 is 14.3 Å². The van der Waals surface area contributed by atoms with E-state index in [-0.39, 0.29) is 18.7 Å². The summed E-state index contributed by atoms with van der Waals surface area (Å²) in [5.41, 5.74) is 2.31. The van der Waals surface area contributed by atoms with Gasteiger partial charge < -0.3 is 19.7 Å². The summed E-state index contributed by atoms with van der Waals surface area (Å²) >= 11 is 0. The molecular weight excluding hydrogens is 316 g/mol. The Morgan fingerprint density at radius 3 is 2.76 bits per heavy atom. The lowest BCUT2D eigenvalue weighted by atomic mass is 10.0. The van der Waals surface area contributed by atoms with Gasteiger partial charge in [0.2, 0.25) is 0 Å². The van der Waals surface area contributed by atoms with Crippen LogP contribution in [0, 0.1) is 12.3 Å². The Kier molecular flexibility index (Phi) is 5.22. The number of nitrogens with zero attached hydrogens (tertiary/aromatic N) is 1. The fourth-order valence-electron chi connectivity index (χ4n) is 2.92. The number of para-hydroxylation sites is 2. The maximum Gasteiger partial charge on any atom is 0.257 e. The molecule has 1 aliphatic rings. The van der Waals surface area contributed by atoms with Crippen LogP contribution in [0.1, 0.15) is 22.1 Å². The van der Waals surface area contributed by atoms with Crippen LogP contribution < -0.4 is 10.1 Å². The molecule has 0 fully saturated rings. The first-order valence-corrected chi connectivity index (χ1v) is 8.07. The quantitative estimate of drug-likeness (QED) is 0.824. The standard InChI is InChI=1S/C20H20N2O3/c1-3-13-25-18-11-7-5-9-16(18)19-21-17-10-6-4-8-15(17)20(23)22(19)12-14-24-2/h1,4-11,19,21H,12-14H2,2H3. The lowest BCUT2D eigenvalue weighted by Crippen LogP contribution is -2.44. The molecule has 0 saturated heterocycles. The third-order valence-corrected chi connectivity index (χ3v) is 4.08. The van der Waals surface area contributed by atoms with E-state index in [9.17, 15) is 4.79 Å². The molecule has 1 amide bonds. The van der Waals surface area contributed by atoms with Crippen molar-refractivity contribution in [1.82, 2.24) is 4.90 Å². The number of rotatable bonds is 6. The van der Waals surface area contributed by atoms with Gasteiger partial charge in [0, 0.05) is 24.9 Å². The van der Waals surface area contributed by atoms with Crippen molar-refractivity contribution >= 4 is 11.6 Å². The van der Waals surface area contributed by atoms with E-state index in [1.54, 1.807) is 12.0 Å². The van der Waals surface area contributed by atoms with Crippen LogP contribution in [-0.4, -0.2) is 37.7 Å². The van der Waals surface area contributed by atoms with E-state index in [1.165, 1.54) is 0 Å². The third kappa shape index (κ3) is 3.44. The maximum absolute atomic E-state index is 13.0.